The second-order valence-electron chi connectivity index (χ2n) is 4.87. The number of benzene rings is 2. The molecule has 0 heterocycles. The Hall–Kier alpha value is -3.39. The van der Waals surface area contributed by atoms with Crippen molar-refractivity contribution in [1.29, 1.82) is 5.26 Å². The van der Waals surface area contributed by atoms with Gasteiger partial charge >= 0.3 is 5.97 Å². The third kappa shape index (κ3) is 4.05. The summed E-state index contributed by atoms with van der Waals surface area (Å²) in [5.41, 5.74) is 2.19. The van der Waals surface area contributed by atoms with Crippen LogP contribution in [-0.4, -0.2) is 17.0 Å². The third-order valence-electron chi connectivity index (χ3n) is 3.23. The summed E-state index contributed by atoms with van der Waals surface area (Å²) < 4.78 is 0. The monoisotopic (exact) mass is 306 g/mol. The first-order chi connectivity index (χ1) is 11.0. The number of amides is 1. The zero-order valence-corrected chi connectivity index (χ0v) is 12.4. The highest BCUT2D eigenvalue weighted by atomic mass is 16.4. The summed E-state index contributed by atoms with van der Waals surface area (Å²) in [6.07, 6.45) is 1.42. The lowest BCUT2D eigenvalue weighted by atomic mass is 10.1. The minimum atomic E-state index is -1.03. The van der Waals surface area contributed by atoms with E-state index in [-0.39, 0.29) is 11.1 Å². The smallest absolute Gasteiger partial charge is 0.335 e. The molecular formula is C18H14N2O3. The van der Waals surface area contributed by atoms with Gasteiger partial charge in [-0.15, -0.1) is 0 Å². The van der Waals surface area contributed by atoms with Crippen molar-refractivity contribution in [3.05, 3.63) is 70.8 Å². The van der Waals surface area contributed by atoms with Crippen LogP contribution in [0.4, 0.5) is 5.69 Å². The SMILES string of the molecule is Cc1ccccc1NC(=O)/C(C#N)=C\c1ccc(C(=O)O)cc1. The minimum absolute atomic E-state index is 0.0590. The Bertz CT molecular complexity index is 815. The summed E-state index contributed by atoms with van der Waals surface area (Å²) in [4.78, 5) is 23.0. The fourth-order valence-corrected chi connectivity index (χ4v) is 1.94. The van der Waals surface area contributed by atoms with Gasteiger partial charge in [-0.2, -0.15) is 5.26 Å². The number of nitrogens with zero attached hydrogens (tertiary/aromatic N) is 1. The summed E-state index contributed by atoms with van der Waals surface area (Å²) in [5.74, 6) is -1.54. The van der Waals surface area contributed by atoms with E-state index in [4.69, 9.17) is 5.11 Å². The number of hydrogen-bond acceptors (Lipinski definition) is 3. The normalized spacial score (nSPS) is 10.7. The van der Waals surface area contributed by atoms with Crippen molar-refractivity contribution in [3.63, 3.8) is 0 Å². The van der Waals surface area contributed by atoms with Gasteiger partial charge in [0, 0.05) is 5.69 Å². The molecule has 0 saturated heterocycles. The van der Waals surface area contributed by atoms with E-state index in [9.17, 15) is 14.9 Å². The molecule has 0 atom stereocenters. The van der Waals surface area contributed by atoms with Crippen LogP contribution < -0.4 is 5.32 Å². The Morgan fingerprint density at radius 1 is 1.13 bits per heavy atom. The molecular weight excluding hydrogens is 292 g/mol. The molecule has 0 spiro atoms. The highest BCUT2D eigenvalue weighted by Gasteiger charge is 2.11. The Morgan fingerprint density at radius 2 is 1.78 bits per heavy atom. The highest BCUT2D eigenvalue weighted by molar-refractivity contribution is 6.10. The molecule has 0 aliphatic carbocycles. The Labute approximate surface area is 133 Å². The van der Waals surface area contributed by atoms with Gasteiger partial charge in [0.15, 0.2) is 0 Å². The van der Waals surface area contributed by atoms with Crippen molar-refractivity contribution in [3.8, 4) is 6.07 Å². The molecule has 0 fully saturated rings. The molecule has 2 N–H and O–H groups in total. The molecule has 23 heavy (non-hydrogen) atoms. The van der Waals surface area contributed by atoms with Gasteiger partial charge in [0.1, 0.15) is 11.6 Å². The van der Waals surface area contributed by atoms with Gasteiger partial charge in [0.2, 0.25) is 0 Å². The van der Waals surface area contributed by atoms with Crippen LogP contribution >= 0.6 is 0 Å². The minimum Gasteiger partial charge on any atom is -0.478 e. The second kappa shape index (κ2) is 7.05. The third-order valence-corrected chi connectivity index (χ3v) is 3.23. The van der Waals surface area contributed by atoms with E-state index in [1.54, 1.807) is 24.3 Å². The topological polar surface area (TPSA) is 90.2 Å². The maximum absolute atomic E-state index is 12.2. The molecule has 0 aliphatic heterocycles. The van der Waals surface area contributed by atoms with Crippen LogP contribution in [0.5, 0.6) is 0 Å². The molecule has 0 aliphatic rings. The molecule has 2 rings (SSSR count). The van der Waals surface area contributed by atoms with Crippen LogP contribution in [0.25, 0.3) is 6.08 Å². The van der Waals surface area contributed by atoms with Crippen LogP contribution in [0.1, 0.15) is 21.5 Å². The number of anilines is 1. The van der Waals surface area contributed by atoms with Crippen LogP contribution in [-0.2, 0) is 4.79 Å². The van der Waals surface area contributed by atoms with E-state index < -0.39 is 11.9 Å². The Kier molecular flexibility index (Phi) is 4.90. The number of aryl methyl sites for hydroxylation is 1. The largest absolute Gasteiger partial charge is 0.478 e. The number of carboxylic acid groups (broad SMARTS) is 1. The number of hydrogen-bond donors (Lipinski definition) is 2. The van der Waals surface area contributed by atoms with Gasteiger partial charge < -0.3 is 10.4 Å². The van der Waals surface area contributed by atoms with Gasteiger partial charge in [0.05, 0.1) is 5.56 Å². The molecule has 0 unspecified atom stereocenters. The summed E-state index contributed by atoms with van der Waals surface area (Å²) in [6.45, 7) is 1.86. The zero-order chi connectivity index (χ0) is 16.8. The molecule has 0 radical (unpaired) electrons. The molecule has 2 aromatic rings. The molecule has 5 heteroatoms. The van der Waals surface area contributed by atoms with E-state index in [0.717, 1.165) is 5.56 Å². The summed E-state index contributed by atoms with van der Waals surface area (Å²) in [5, 5.41) is 20.7. The van der Waals surface area contributed by atoms with Crippen molar-refractivity contribution in [2.24, 2.45) is 0 Å². The molecule has 0 saturated carbocycles. The summed E-state index contributed by atoms with van der Waals surface area (Å²) in [7, 11) is 0. The first-order valence-electron chi connectivity index (χ1n) is 6.83. The lowest BCUT2D eigenvalue weighted by Crippen LogP contribution is -2.14. The average Bonchev–Trinajstić information content (AvgIpc) is 2.55. The van der Waals surface area contributed by atoms with Crippen LogP contribution in [0.15, 0.2) is 54.1 Å². The lowest BCUT2D eigenvalue weighted by molar-refractivity contribution is -0.112. The summed E-state index contributed by atoms with van der Waals surface area (Å²) in [6, 6.07) is 15.0. The van der Waals surface area contributed by atoms with Gasteiger partial charge in [-0.1, -0.05) is 30.3 Å². The number of carboxylic acids is 1. The standard InChI is InChI=1S/C18H14N2O3/c1-12-4-2-3-5-16(12)20-17(21)15(11-19)10-13-6-8-14(9-7-13)18(22)23/h2-10H,1H3,(H,20,21)(H,22,23)/b15-10-. The predicted molar refractivity (Wildman–Crippen MR) is 86.8 cm³/mol. The van der Waals surface area contributed by atoms with Gasteiger partial charge in [-0.05, 0) is 42.3 Å². The first-order valence-corrected chi connectivity index (χ1v) is 6.83. The van der Waals surface area contributed by atoms with E-state index in [1.165, 1.54) is 18.2 Å². The molecule has 5 nitrogen and oxygen atoms in total. The Morgan fingerprint density at radius 3 is 2.35 bits per heavy atom. The quantitative estimate of drug-likeness (QED) is 0.670. The van der Waals surface area contributed by atoms with E-state index in [0.29, 0.717) is 11.3 Å². The van der Waals surface area contributed by atoms with Crippen molar-refractivity contribution in [1.82, 2.24) is 0 Å². The zero-order valence-electron chi connectivity index (χ0n) is 12.4. The number of nitrogens with one attached hydrogen (secondary N) is 1. The van der Waals surface area contributed by atoms with Crippen molar-refractivity contribution >= 4 is 23.6 Å². The summed E-state index contributed by atoms with van der Waals surface area (Å²) >= 11 is 0. The van der Waals surface area contributed by atoms with Gasteiger partial charge in [-0.25, -0.2) is 4.79 Å². The maximum Gasteiger partial charge on any atom is 0.335 e. The first kappa shape index (κ1) is 16.0. The number of carbonyl (C=O) groups excluding carboxylic acids is 1. The van der Waals surface area contributed by atoms with E-state index >= 15 is 0 Å². The predicted octanol–water partition coefficient (Wildman–Crippen LogP) is 3.24. The maximum atomic E-state index is 12.2. The number of para-hydroxylation sites is 1. The molecule has 114 valence electrons. The van der Waals surface area contributed by atoms with E-state index in [1.807, 2.05) is 25.1 Å². The van der Waals surface area contributed by atoms with E-state index in [2.05, 4.69) is 5.32 Å². The second-order valence-corrected chi connectivity index (χ2v) is 4.87. The fraction of sp³-hybridized carbons (Fsp3) is 0.0556. The molecule has 0 bridgehead atoms. The average molecular weight is 306 g/mol. The van der Waals surface area contributed by atoms with Crippen LogP contribution in [0.2, 0.25) is 0 Å². The number of aromatic carboxylic acids is 1. The van der Waals surface area contributed by atoms with Gasteiger partial charge in [-0.3, -0.25) is 4.79 Å². The van der Waals surface area contributed by atoms with Gasteiger partial charge in [0.25, 0.3) is 5.91 Å². The van der Waals surface area contributed by atoms with Crippen molar-refractivity contribution in [2.45, 2.75) is 6.92 Å². The number of nitriles is 1. The molecule has 1 amide bonds. The molecule has 2 aromatic carbocycles. The lowest BCUT2D eigenvalue weighted by Gasteiger charge is -2.07. The Balaban J connectivity index is 2.21. The highest BCUT2D eigenvalue weighted by Crippen LogP contribution is 2.15. The van der Waals surface area contributed by atoms with Crippen LogP contribution in [0.3, 0.4) is 0 Å². The molecule has 0 aromatic heterocycles. The van der Waals surface area contributed by atoms with Crippen molar-refractivity contribution < 1.29 is 14.7 Å². The number of carbonyl (C=O) groups is 2. The van der Waals surface area contributed by atoms with Crippen molar-refractivity contribution in [2.75, 3.05) is 5.32 Å². The van der Waals surface area contributed by atoms with Crippen LogP contribution in [0, 0.1) is 18.3 Å². The number of rotatable bonds is 4. The fourth-order valence-electron chi connectivity index (χ4n) is 1.94.